The van der Waals surface area contributed by atoms with Gasteiger partial charge in [-0.3, -0.25) is 4.79 Å². The Bertz CT molecular complexity index is 433. The molecule has 2 heterocycles. The quantitative estimate of drug-likeness (QED) is 0.806. The Kier molecular flexibility index (Phi) is 4.86. The summed E-state index contributed by atoms with van der Waals surface area (Å²) in [4.78, 5) is 11.5. The zero-order valence-electron chi connectivity index (χ0n) is 11.4. The highest BCUT2D eigenvalue weighted by atomic mass is 16.5. The average Bonchev–Trinajstić information content (AvgIpc) is 2.64. The summed E-state index contributed by atoms with van der Waals surface area (Å²) in [7, 11) is 1.58. The fourth-order valence-electron chi connectivity index (χ4n) is 2.03. The first-order chi connectivity index (χ1) is 9.20. The van der Waals surface area contributed by atoms with Crippen molar-refractivity contribution in [2.24, 2.45) is 5.92 Å². The van der Waals surface area contributed by atoms with Crippen LogP contribution in [0.5, 0.6) is 0 Å². The number of hydrogen-bond acceptors (Lipinski definition) is 5. The Labute approximate surface area is 112 Å². The van der Waals surface area contributed by atoms with Crippen LogP contribution in [-0.2, 0) is 27.4 Å². The maximum atomic E-state index is 11.5. The van der Waals surface area contributed by atoms with Crippen molar-refractivity contribution in [2.45, 2.75) is 26.5 Å². The predicted octanol–water partition coefficient (Wildman–Crippen LogP) is -0.114. The van der Waals surface area contributed by atoms with E-state index in [-0.39, 0.29) is 11.8 Å². The molecule has 0 bridgehead atoms. The van der Waals surface area contributed by atoms with Gasteiger partial charge in [-0.1, -0.05) is 5.21 Å². The molecule has 1 aromatic rings. The number of aromatic nitrogens is 3. The molecule has 106 valence electrons. The minimum absolute atomic E-state index is 0.00101. The van der Waals surface area contributed by atoms with Gasteiger partial charge in [0.25, 0.3) is 0 Å². The lowest BCUT2D eigenvalue weighted by Crippen LogP contribution is -2.33. The molecule has 0 radical (unpaired) electrons. The molecule has 0 saturated heterocycles. The summed E-state index contributed by atoms with van der Waals surface area (Å²) in [6.07, 6.45) is 0.387. The lowest BCUT2D eigenvalue weighted by Gasteiger charge is -2.14. The van der Waals surface area contributed by atoms with Crippen LogP contribution in [0.15, 0.2) is 0 Å². The van der Waals surface area contributed by atoms with Crippen LogP contribution in [0.3, 0.4) is 0 Å². The maximum Gasteiger partial charge on any atom is 0.222 e. The standard InChI is InChI=1S/C12H20N4O3/c1-9-11-8-19-7-10(6-16(11)15-14-9)5-13-12(17)3-4-18-2/h10H,3-8H2,1-2H3,(H,13,17)/t10-/m0/s1. The molecule has 1 amide bonds. The van der Waals surface area contributed by atoms with Crippen molar-refractivity contribution in [3.63, 3.8) is 0 Å². The smallest absolute Gasteiger partial charge is 0.222 e. The van der Waals surface area contributed by atoms with E-state index in [0.717, 1.165) is 17.9 Å². The van der Waals surface area contributed by atoms with E-state index < -0.39 is 0 Å². The molecule has 19 heavy (non-hydrogen) atoms. The number of carbonyl (C=O) groups excluding carboxylic acids is 1. The third-order valence-electron chi connectivity index (χ3n) is 3.18. The number of carbonyl (C=O) groups is 1. The average molecular weight is 268 g/mol. The molecule has 0 fully saturated rings. The molecule has 7 nitrogen and oxygen atoms in total. The molecule has 0 spiro atoms. The van der Waals surface area contributed by atoms with Gasteiger partial charge in [-0.25, -0.2) is 4.68 Å². The van der Waals surface area contributed by atoms with Crippen molar-refractivity contribution in [3.05, 3.63) is 11.4 Å². The zero-order chi connectivity index (χ0) is 13.7. The fraction of sp³-hybridized carbons (Fsp3) is 0.750. The van der Waals surface area contributed by atoms with Gasteiger partial charge in [-0.05, 0) is 6.92 Å². The third-order valence-corrected chi connectivity index (χ3v) is 3.18. The highest BCUT2D eigenvalue weighted by molar-refractivity contribution is 5.75. The van der Waals surface area contributed by atoms with Gasteiger partial charge >= 0.3 is 0 Å². The Hall–Kier alpha value is -1.47. The summed E-state index contributed by atoms with van der Waals surface area (Å²) >= 11 is 0. The topological polar surface area (TPSA) is 78.3 Å². The number of fused-ring (bicyclic) bond motifs is 1. The van der Waals surface area contributed by atoms with Gasteiger partial charge in [0.05, 0.1) is 31.2 Å². The third kappa shape index (κ3) is 3.74. The lowest BCUT2D eigenvalue weighted by atomic mass is 10.1. The van der Waals surface area contributed by atoms with Gasteiger partial charge in [0.15, 0.2) is 0 Å². The second-order valence-corrected chi connectivity index (χ2v) is 4.73. The Morgan fingerprint density at radius 2 is 2.47 bits per heavy atom. The summed E-state index contributed by atoms with van der Waals surface area (Å²) in [6.45, 7) is 4.83. The molecule has 1 aromatic heterocycles. The fourth-order valence-corrected chi connectivity index (χ4v) is 2.03. The monoisotopic (exact) mass is 268 g/mol. The Morgan fingerprint density at radius 3 is 3.26 bits per heavy atom. The van der Waals surface area contributed by atoms with Crippen LogP contribution in [0.25, 0.3) is 0 Å². The minimum Gasteiger partial charge on any atom is -0.384 e. The molecule has 7 heteroatoms. The molecular weight excluding hydrogens is 248 g/mol. The molecule has 0 aliphatic carbocycles. The first kappa shape index (κ1) is 14.0. The summed E-state index contributed by atoms with van der Waals surface area (Å²) < 4.78 is 12.3. The van der Waals surface area contributed by atoms with Crippen LogP contribution in [0.4, 0.5) is 0 Å². The molecule has 1 N–H and O–H groups in total. The molecule has 0 aromatic carbocycles. The highest BCUT2D eigenvalue weighted by Gasteiger charge is 2.20. The molecule has 0 unspecified atom stereocenters. The van der Waals surface area contributed by atoms with Crippen molar-refractivity contribution in [3.8, 4) is 0 Å². The van der Waals surface area contributed by atoms with Crippen LogP contribution in [0.1, 0.15) is 17.8 Å². The number of methoxy groups -OCH3 is 1. The predicted molar refractivity (Wildman–Crippen MR) is 67.4 cm³/mol. The van der Waals surface area contributed by atoms with Gasteiger partial charge in [0.2, 0.25) is 5.91 Å². The van der Waals surface area contributed by atoms with E-state index in [1.807, 2.05) is 11.6 Å². The first-order valence-corrected chi connectivity index (χ1v) is 6.43. The SMILES string of the molecule is COCCC(=O)NC[C@@H]1COCc2c(C)nnn2C1. The Balaban J connectivity index is 1.84. The van der Waals surface area contributed by atoms with E-state index in [0.29, 0.717) is 32.8 Å². The van der Waals surface area contributed by atoms with Crippen LogP contribution < -0.4 is 5.32 Å². The van der Waals surface area contributed by atoms with Crippen LogP contribution in [0, 0.1) is 12.8 Å². The summed E-state index contributed by atoms with van der Waals surface area (Å²) in [6, 6.07) is 0. The van der Waals surface area contributed by atoms with E-state index in [1.54, 1.807) is 7.11 Å². The summed E-state index contributed by atoms with van der Waals surface area (Å²) in [5.41, 5.74) is 1.93. The van der Waals surface area contributed by atoms with Gasteiger partial charge in [0, 0.05) is 32.5 Å². The normalized spacial score (nSPS) is 18.7. The molecular formula is C12H20N4O3. The first-order valence-electron chi connectivity index (χ1n) is 6.43. The number of nitrogens with zero attached hydrogens (tertiary/aromatic N) is 3. The number of nitrogens with one attached hydrogen (secondary N) is 1. The van der Waals surface area contributed by atoms with Gasteiger partial charge in [-0.15, -0.1) is 5.10 Å². The van der Waals surface area contributed by atoms with E-state index in [2.05, 4.69) is 15.6 Å². The lowest BCUT2D eigenvalue weighted by molar-refractivity contribution is -0.122. The molecule has 1 aliphatic heterocycles. The van der Waals surface area contributed by atoms with Crippen molar-refractivity contribution in [1.82, 2.24) is 20.3 Å². The van der Waals surface area contributed by atoms with E-state index in [4.69, 9.17) is 9.47 Å². The molecule has 2 rings (SSSR count). The van der Waals surface area contributed by atoms with Crippen LogP contribution in [0.2, 0.25) is 0 Å². The number of amides is 1. The van der Waals surface area contributed by atoms with E-state index in [9.17, 15) is 4.79 Å². The van der Waals surface area contributed by atoms with Crippen molar-refractivity contribution >= 4 is 5.91 Å². The van der Waals surface area contributed by atoms with E-state index in [1.165, 1.54) is 0 Å². The molecule has 1 atom stereocenters. The summed E-state index contributed by atoms with van der Waals surface area (Å²) in [5.74, 6) is 0.218. The van der Waals surface area contributed by atoms with Gasteiger partial charge < -0.3 is 14.8 Å². The van der Waals surface area contributed by atoms with Crippen LogP contribution in [-0.4, -0.2) is 47.8 Å². The van der Waals surface area contributed by atoms with Gasteiger partial charge in [0.1, 0.15) is 0 Å². The molecule has 1 aliphatic rings. The number of ether oxygens (including phenoxy) is 2. The van der Waals surface area contributed by atoms with Crippen molar-refractivity contribution < 1.29 is 14.3 Å². The number of hydrogen-bond donors (Lipinski definition) is 1. The largest absolute Gasteiger partial charge is 0.384 e. The van der Waals surface area contributed by atoms with E-state index >= 15 is 0 Å². The van der Waals surface area contributed by atoms with Crippen molar-refractivity contribution in [2.75, 3.05) is 26.9 Å². The number of aryl methyl sites for hydroxylation is 1. The second-order valence-electron chi connectivity index (χ2n) is 4.73. The van der Waals surface area contributed by atoms with Crippen molar-refractivity contribution in [1.29, 1.82) is 0 Å². The molecule has 0 saturated carbocycles. The highest BCUT2D eigenvalue weighted by Crippen LogP contribution is 2.14. The van der Waals surface area contributed by atoms with Gasteiger partial charge in [-0.2, -0.15) is 0 Å². The zero-order valence-corrected chi connectivity index (χ0v) is 11.4. The van der Waals surface area contributed by atoms with Crippen LogP contribution >= 0.6 is 0 Å². The summed E-state index contributed by atoms with van der Waals surface area (Å²) in [5, 5.41) is 11.0. The Morgan fingerprint density at radius 1 is 1.63 bits per heavy atom. The second kappa shape index (κ2) is 6.63. The minimum atomic E-state index is 0.00101. The maximum absolute atomic E-state index is 11.5. The number of rotatable bonds is 5.